The van der Waals surface area contributed by atoms with Crippen molar-refractivity contribution in [3.63, 3.8) is 0 Å². The Balaban J connectivity index is 4.39. The number of unbranched alkanes of at least 4 members (excludes halogenated alkanes) is 32. The molecule has 0 fully saturated rings. The molecule has 442 valence electrons. The first-order valence-electron chi connectivity index (χ1n) is 32.7. The lowest BCUT2D eigenvalue weighted by Crippen LogP contribution is -2.30. The van der Waals surface area contributed by atoms with Crippen molar-refractivity contribution in [3.05, 3.63) is 97.2 Å². The van der Waals surface area contributed by atoms with Gasteiger partial charge in [0.1, 0.15) is 13.2 Å². The van der Waals surface area contributed by atoms with Crippen LogP contribution in [0, 0.1) is 0 Å². The molecule has 0 radical (unpaired) electrons. The van der Waals surface area contributed by atoms with Crippen molar-refractivity contribution in [1.29, 1.82) is 0 Å². The molecule has 0 aliphatic heterocycles. The SMILES string of the molecule is CC/C=C\C/C=C\C/C=C\C/C=C\C/C=C\CCCCCCCCCC(=O)OCC(COC(=O)CCCCCCCCC/C=C\C/C=C\C/C=C\CC)OC(=O)CCCCCCCCCCCCCCCCCCCCC. The Morgan fingerprint density at radius 2 is 0.506 bits per heavy atom. The molecule has 0 rings (SSSR count). The number of ether oxygens (including phenoxy) is 3. The molecule has 0 saturated carbocycles. The van der Waals surface area contributed by atoms with Gasteiger partial charge < -0.3 is 14.2 Å². The molecule has 0 saturated heterocycles. The molecule has 0 N–H and O–H groups in total. The summed E-state index contributed by atoms with van der Waals surface area (Å²) in [7, 11) is 0. The summed E-state index contributed by atoms with van der Waals surface area (Å²) in [6.45, 7) is 6.44. The Hall–Kier alpha value is -3.67. The van der Waals surface area contributed by atoms with Crippen molar-refractivity contribution < 1.29 is 28.6 Å². The van der Waals surface area contributed by atoms with Crippen LogP contribution in [-0.2, 0) is 28.6 Å². The maximum atomic E-state index is 12.9. The van der Waals surface area contributed by atoms with Crippen LogP contribution in [-0.4, -0.2) is 37.2 Å². The molecule has 1 unspecified atom stereocenters. The molecule has 0 aromatic heterocycles. The monoisotopic (exact) mass is 1070 g/mol. The van der Waals surface area contributed by atoms with Crippen LogP contribution < -0.4 is 0 Å². The summed E-state index contributed by atoms with van der Waals surface area (Å²) >= 11 is 0. The zero-order valence-corrected chi connectivity index (χ0v) is 50.7. The summed E-state index contributed by atoms with van der Waals surface area (Å²) in [6, 6.07) is 0. The van der Waals surface area contributed by atoms with E-state index >= 15 is 0 Å². The third-order valence-electron chi connectivity index (χ3n) is 14.1. The molecule has 6 nitrogen and oxygen atoms in total. The first kappa shape index (κ1) is 73.3. The van der Waals surface area contributed by atoms with Gasteiger partial charge in [-0.05, 0) is 96.3 Å². The normalized spacial score (nSPS) is 12.7. The molecule has 0 aliphatic carbocycles. The van der Waals surface area contributed by atoms with Crippen LogP contribution in [0.1, 0.15) is 316 Å². The fourth-order valence-electron chi connectivity index (χ4n) is 9.25. The lowest BCUT2D eigenvalue weighted by Gasteiger charge is -2.18. The van der Waals surface area contributed by atoms with Gasteiger partial charge in [0.25, 0.3) is 0 Å². The standard InChI is InChI=1S/C71H122O6/c1-4-7-10-13-16-19-22-25-28-31-33-34-35-36-38-40-43-46-49-52-55-58-61-64-70(73)76-67-68(66-75-69(72)63-60-57-54-51-48-45-42-39-30-27-24-21-18-15-12-9-6-3)77-71(74)65-62-59-56-53-50-47-44-41-37-32-29-26-23-20-17-14-11-8-5-2/h7,9-10,12,16,18-19,21,25,27-28,30,33-34,36,38,68H,4-6,8,11,13-15,17,20,22-24,26,29,31-32,35,37,39-67H2,1-3H3/b10-7-,12-9-,19-16-,21-18-,28-25-,30-27-,34-33-,38-36-. The largest absolute Gasteiger partial charge is 0.462 e. The maximum absolute atomic E-state index is 12.9. The first-order valence-corrected chi connectivity index (χ1v) is 32.7. The minimum Gasteiger partial charge on any atom is -0.462 e. The van der Waals surface area contributed by atoms with Crippen LogP contribution in [0.5, 0.6) is 0 Å². The molecule has 0 aromatic carbocycles. The highest BCUT2D eigenvalue weighted by atomic mass is 16.6. The number of rotatable bonds is 59. The Bertz CT molecular complexity index is 1510. The predicted molar refractivity (Wildman–Crippen MR) is 334 cm³/mol. The summed E-state index contributed by atoms with van der Waals surface area (Å²) in [5.41, 5.74) is 0. The number of allylic oxidation sites excluding steroid dienone is 16. The van der Waals surface area contributed by atoms with E-state index in [0.717, 1.165) is 122 Å². The quantitative estimate of drug-likeness (QED) is 0.0261. The third-order valence-corrected chi connectivity index (χ3v) is 14.1. The van der Waals surface area contributed by atoms with Crippen LogP contribution in [0.25, 0.3) is 0 Å². The summed E-state index contributed by atoms with van der Waals surface area (Å²) in [5.74, 6) is -0.890. The molecular weight excluding hydrogens is 949 g/mol. The van der Waals surface area contributed by atoms with E-state index in [0.29, 0.717) is 19.3 Å². The van der Waals surface area contributed by atoms with Crippen LogP contribution in [0.3, 0.4) is 0 Å². The van der Waals surface area contributed by atoms with Crippen molar-refractivity contribution in [2.75, 3.05) is 13.2 Å². The molecule has 6 heteroatoms. The van der Waals surface area contributed by atoms with E-state index in [1.807, 2.05) is 0 Å². The Morgan fingerprint density at radius 3 is 0.792 bits per heavy atom. The van der Waals surface area contributed by atoms with Gasteiger partial charge in [-0.2, -0.15) is 0 Å². The maximum Gasteiger partial charge on any atom is 0.306 e. The van der Waals surface area contributed by atoms with E-state index in [1.165, 1.54) is 154 Å². The van der Waals surface area contributed by atoms with Crippen molar-refractivity contribution in [3.8, 4) is 0 Å². The molecule has 0 spiro atoms. The minimum absolute atomic E-state index is 0.0842. The third kappa shape index (κ3) is 63.0. The average molecular weight is 1070 g/mol. The first-order chi connectivity index (χ1) is 38.0. The van der Waals surface area contributed by atoms with E-state index < -0.39 is 6.10 Å². The number of esters is 3. The van der Waals surface area contributed by atoms with Gasteiger partial charge in [0, 0.05) is 19.3 Å². The molecule has 0 amide bonds. The van der Waals surface area contributed by atoms with Crippen molar-refractivity contribution >= 4 is 17.9 Å². The molecular formula is C71H122O6. The number of hydrogen-bond acceptors (Lipinski definition) is 6. The van der Waals surface area contributed by atoms with Gasteiger partial charge >= 0.3 is 17.9 Å². The van der Waals surface area contributed by atoms with Gasteiger partial charge in [0.2, 0.25) is 0 Å². The highest BCUT2D eigenvalue weighted by Crippen LogP contribution is 2.17. The van der Waals surface area contributed by atoms with Gasteiger partial charge in [-0.1, -0.05) is 298 Å². The summed E-state index contributed by atoms with van der Waals surface area (Å²) in [4.78, 5) is 38.4. The van der Waals surface area contributed by atoms with Crippen LogP contribution in [0.2, 0.25) is 0 Å². The average Bonchev–Trinajstić information content (AvgIpc) is 3.43. The van der Waals surface area contributed by atoms with Crippen LogP contribution >= 0.6 is 0 Å². The zero-order valence-electron chi connectivity index (χ0n) is 50.7. The van der Waals surface area contributed by atoms with Crippen molar-refractivity contribution in [2.45, 2.75) is 322 Å². The molecule has 0 heterocycles. The van der Waals surface area contributed by atoms with E-state index in [-0.39, 0.29) is 31.1 Å². The molecule has 0 aliphatic rings. The van der Waals surface area contributed by atoms with E-state index in [9.17, 15) is 14.4 Å². The summed E-state index contributed by atoms with van der Waals surface area (Å²) in [5, 5.41) is 0. The highest BCUT2D eigenvalue weighted by molar-refractivity contribution is 5.71. The van der Waals surface area contributed by atoms with Gasteiger partial charge in [-0.25, -0.2) is 0 Å². The van der Waals surface area contributed by atoms with Gasteiger partial charge in [0.05, 0.1) is 0 Å². The second-order valence-corrected chi connectivity index (χ2v) is 21.6. The zero-order chi connectivity index (χ0) is 55.7. The lowest BCUT2D eigenvalue weighted by molar-refractivity contribution is -0.167. The Labute approximate surface area is 477 Å². The second kappa shape index (κ2) is 64.9. The topological polar surface area (TPSA) is 78.9 Å². The molecule has 1 atom stereocenters. The highest BCUT2D eigenvalue weighted by Gasteiger charge is 2.19. The number of carbonyl (C=O) groups is 3. The van der Waals surface area contributed by atoms with Gasteiger partial charge in [0.15, 0.2) is 6.10 Å². The smallest absolute Gasteiger partial charge is 0.306 e. The number of hydrogen-bond donors (Lipinski definition) is 0. The fourth-order valence-corrected chi connectivity index (χ4v) is 9.25. The molecule has 0 bridgehead atoms. The fraction of sp³-hybridized carbons (Fsp3) is 0.732. The lowest BCUT2D eigenvalue weighted by atomic mass is 10.0. The van der Waals surface area contributed by atoms with Gasteiger partial charge in [-0.15, -0.1) is 0 Å². The minimum atomic E-state index is -0.787. The van der Waals surface area contributed by atoms with Crippen molar-refractivity contribution in [2.24, 2.45) is 0 Å². The van der Waals surface area contributed by atoms with Crippen LogP contribution in [0.15, 0.2) is 97.2 Å². The van der Waals surface area contributed by atoms with E-state index in [4.69, 9.17) is 14.2 Å². The van der Waals surface area contributed by atoms with Gasteiger partial charge in [-0.3, -0.25) is 14.4 Å². The molecule has 0 aromatic rings. The Morgan fingerprint density at radius 1 is 0.273 bits per heavy atom. The number of carbonyl (C=O) groups excluding carboxylic acids is 3. The van der Waals surface area contributed by atoms with Crippen LogP contribution in [0.4, 0.5) is 0 Å². The predicted octanol–water partition coefficient (Wildman–Crippen LogP) is 22.4. The Kier molecular flexibility index (Phi) is 61.8. The van der Waals surface area contributed by atoms with Crippen molar-refractivity contribution in [1.82, 2.24) is 0 Å². The summed E-state index contributed by atoms with van der Waals surface area (Å²) < 4.78 is 17.0. The van der Waals surface area contributed by atoms with E-state index in [1.54, 1.807) is 0 Å². The molecule has 77 heavy (non-hydrogen) atoms. The summed E-state index contributed by atoms with van der Waals surface area (Å²) in [6.07, 6.45) is 86.9. The van der Waals surface area contributed by atoms with E-state index in [2.05, 4.69) is 118 Å². The second-order valence-electron chi connectivity index (χ2n) is 21.6.